The van der Waals surface area contributed by atoms with Crippen molar-refractivity contribution in [3.63, 3.8) is 0 Å². The number of aromatic nitrogens is 1. The third-order valence-electron chi connectivity index (χ3n) is 3.33. The fourth-order valence-electron chi connectivity index (χ4n) is 2.26. The molecule has 0 aliphatic rings. The molecule has 0 spiro atoms. The van der Waals surface area contributed by atoms with Crippen LogP contribution in [0, 0.1) is 5.82 Å². The highest BCUT2D eigenvalue weighted by Gasteiger charge is 2.21. The second kappa shape index (κ2) is 5.68. The Kier molecular flexibility index (Phi) is 4.01. The molecular formula is C15H10BrClFNO2S. The zero-order valence-electron chi connectivity index (χ0n) is 11.1. The number of alkyl halides is 1. The standard InChI is InChI=1S/C15H10BrClFNO2S/c16-11-1-6-15-14(7-11)10(8-17)9-19(15)22(20,21)13-4-2-12(18)3-5-13/h1-7,9H,8H2. The lowest BCUT2D eigenvalue weighted by atomic mass is 10.2. The van der Waals surface area contributed by atoms with Crippen LogP contribution in [0.3, 0.4) is 0 Å². The van der Waals surface area contributed by atoms with E-state index in [2.05, 4.69) is 15.9 Å². The van der Waals surface area contributed by atoms with Crippen LogP contribution in [0.25, 0.3) is 10.9 Å². The van der Waals surface area contributed by atoms with Crippen LogP contribution in [-0.2, 0) is 15.9 Å². The summed E-state index contributed by atoms with van der Waals surface area (Å²) in [5.74, 6) is -0.291. The molecule has 0 unspecified atom stereocenters. The first-order chi connectivity index (χ1) is 10.4. The molecule has 22 heavy (non-hydrogen) atoms. The molecule has 0 radical (unpaired) electrons. The molecule has 0 saturated carbocycles. The van der Waals surface area contributed by atoms with Gasteiger partial charge >= 0.3 is 0 Å². The lowest BCUT2D eigenvalue weighted by Gasteiger charge is -2.07. The van der Waals surface area contributed by atoms with E-state index < -0.39 is 15.8 Å². The minimum absolute atomic E-state index is 0.0230. The highest BCUT2D eigenvalue weighted by Crippen LogP contribution is 2.29. The van der Waals surface area contributed by atoms with E-state index >= 15 is 0 Å². The molecule has 3 nitrogen and oxygen atoms in total. The maximum absolute atomic E-state index is 13.0. The van der Waals surface area contributed by atoms with Crippen LogP contribution in [0.5, 0.6) is 0 Å². The first-order valence-corrected chi connectivity index (χ1v) is 9.07. The van der Waals surface area contributed by atoms with Crippen LogP contribution in [0.15, 0.2) is 58.0 Å². The highest BCUT2D eigenvalue weighted by molar-refractivity contribution is 9.10. The minimum atomic E-state index is -3.81. The summed E-state index contributed by atoms with van der Waals surface area (Å²) in [5, 5.41) is 0.759. The first kappa shape index (κ1) is 15.5. The van der Waals surface area contributed by atoms with E-state index in [1.54, 1.807) is 12.1 Å². The molecule has 7 heteroatoms. The molecule has 1 heterocycles. The second-order valence-electron chi connectivity index (χ2n) is 4.70. The highest BCUT2D eigenvalue weighted by atomic mass is 79.9. The van der Waals surface area contributed by atoms with Crippen LogP contribution in [0.1, 0.15) is 5.56 Å². The fraction of sp³-hybridized carbons (Fsp3) is 0.0667. The van der Waals surface area contributed by atoms with E-state index in [1.165, 1.54) is 22.3 Å². The molecule has 0 fully saturated rings. The van der Waals surface area contributed by atoms with Crippen molar-refractivity contribution in [3.05, 3.63) is 64.5 Å². The minimum Gasteiger partial charge on any atom is -0.241 e. The van der Waals surface area contributed by atoms with Gasteiger partial charge in [0.25, 0.3) is 10.0 Å². The summed E-state index contributed by atoms with van der Waals surface area (Å²) in [4.78, 5) is 0.0230. The third kappa shape index (κ3) is 2.55. The topological polar surface area (TPSA) is 39.1 Å². The number of rotatable bonds is 3. The molecule has 1 aromatic heterocycles. The number of hydrogen-bond donors (Lipinski definition) is 0. The van der Waals surface area contributed by atoms with E-state index in [4.69, 9.17) is 11.6 Å². The van der Waals surface area contributed by atoms with E-state index in [9.17, 15) is 12.8 Å². The SMILES string of the molecule is O=S(=O)(c1ccc(F)cc1)n1cc(CCl)c2cc(Br)ccc21. The van der Waals surface area contributed by atoms with Crippen molar-refractivity contribution >= 4 is 48.5 Å². The van der Waals surface area contributed by atoms with E-state index in [-0.39, 0.29) is 10.8 Å². The number of benzene rings is 2. The van der Waals surface area contributed by atoms with E-state index in [0.29, 0.717) is 11.1 Å². The maximum atomic E-state index is 13.0. The van der Waals surface area contributed by atoms with Gasteiger partial charge in [-0.05, 0) is 48.0 Å². The normalized spacial score (nSPS) is 12.0. The summed E-state index contributed by atoms with van der Waals surface area (Å²) < 4.78 is 40.5. The van der Waals surface area contributed by atoms with Gasteiger partial charge in [0.05, 0.1) is 10.4 Å². The second-order valence-corrected chi connectivity index (χ2v) is 7.70. The van der Waals surface area contributed by atoms with Crippen LogP contribution < -0.4 is 0 Å². The maximum Gasteiger partial charge on any atom is 0.268 e. The van der Waals surface area contributed by atoms with Gasteiger partial charge < -0.3 is 0 Å². The Bertz CT molecular complexity index is 952. The number of hydrogen-bond acceptors (Lipinski definition) is 2. The van der Waals surface area contributed by atoms with Crippen molar-refractivity contribution < 1.29 is 12.8 Å². The van der Waals surface area contributed by atoms with Crippen molar-refractivity contribution in [1.82, 2.24) is 3.97 Å². The predicted octanol–water partition coefficient (Wildman–Crippen LogP) is 4.52. The van der Waals surface area contributed by atoms with Crippen LogP contribution in [0.4, 0.5) is 4.39 Å². The predicted molar refractivity (Wildman–Crippen MR) is 88.2 cm³/mol. The molecule has 2 aromatic carbocycles. The molecule has 0 amide bonds. The Balaban J connectivity index is 2.27. The van der Waals surface area contributed by atoms with Crippen molar-refractivity contribution in [1.29, 1.82) is 0 Å². The molecule has 0 saturated heterocycles. The lowest BCUT2D eigenvalue weighted by molar-refractivity contribution is 0.588. The Morgan fingerprint density at radius 1 is 1.14 bits per heavy atom. The van der Waals surface area contributed by atoms with Crippen LogP contribution in [0.2, 0.25) is 0 Å². The zero-order valence-corrected chi connectivity index (χ0v) is 14.3. The lowest BCUT2D eigenvalue weighted by Crippen LogP contribution is -2.11. The zero-order chi connectivity index (χ0) is 15.9. The monoisotopic (exact) mass is 401 g/mol. The van der Waals surface area contributed by atoms with Gasteiger partial charge in [-0.15, -0.1) is 11.6 Å². The Morgan fingerprint density at radius 3 is 2.45 bits per heavy atom. The summed E-state index contributed by atoms with van der Waals surface area (Å²) in [6.07, 6.45) is 1.50. The Morgan fingerprint density at radius 2 is 1.82 bits per heavy atom. The summed E-state index contributed by atoms with van der Waals surface area (Å²) >= 11 is 9.28. The van der Waals surface area contributed by atoms with Crippen LogP contribution in [-0.4, -0.2) is 12.4 Å². The van der Waals surface area contributed by atoms with Crippen molar-refractivity contribution in [2.24, 2.45) is 0 Å². The summed E-state index contributed by atoms with van der Waals surface area (Å²) in [7, 11) is -3.81. The van der Waals surface area contributed by atoms with Crippen molar-refractivity contribution in [3.8, 4) is 0 Å². The van der Waals surface area contributed by atoms with Gasteiger partial charge in [0.2, 0.25) is 0 Å². The third-order valence-corrected chi connectivity index (χ3v) is 5.80. The largest absolute Gasteiger partial charge is 0.268 e. The average molecular weight is 403 g/mol. The summed E-state index contributed by atoms with van der Waals surface area (Å²) in [5.41, 5.74) is 1.24. The summed E-state index contributed by atoms with van der Waals surface area (Å²) in [6.45, 7) is 0. The average Bonchev–Trinajstić information content (AvgIpc) is 2.86. The summed E-state index contributed by atoms with van der Waals surface area (Å²) in [6, 6.07) is 10.0. The molecule has 0 bridgehead atoms. The molecule has 0 atom stereocenters. The smallest absolute Gasteiger partial charge is 0.241 e. The van der Waals surface area contributed by atoms with Crippen LogP contribution >= 0.6 is 27.5 Å². The van der Waals surface area contributed by atoms with Gasteiger partial charge in [0, 0.05) is 21.9 Å². The molecule has 114 valence electrons. The van der Waals surface area contributed by atoms with E-state index in [0.717, 1.165) is 22.0 Å². The Hall–Kier alpha value is -1.37. The first-order valence-electron chi connectivity index (χ1n) is 6.30. The number of halogens is 3. The molecule has 0 aliphatic heterocycles. The van der Waals surface area contributed by atoms with Gasteiger partial charge in [-0.25, -0.2) is 16.8 Å². The van der Waals surface area contributed by atoms with Gasteiger partial charge in [-0.1, -0.05) is 15.9 Å². The quantitative estimate of drug-likeness (QED) is 0.604. The van der Waals surface area contributed by atoms with E-state index in [1.807, 2.05) is 6.07 Å². The molecule has 0 N–H and O–H groups in total. The van der Waals surface area contributed by atoms with Crippen molar-refractivity contribution in [2.45, 2.75) is 10.8 Å². The van der Waals surface area contributed by atoms with Crippen molar-refractivity contribution in [2.75, 3.05) is 0 Å². The van der Waals surface area contributed by atoms with Gasteiger partial charge in [0.1, 0.15) is 5.82 Å². The molecule has 3 rings (SSSR count). The molecule has 3 aromatic rings. The van der Waals surface area contributed by atoms with Gasteiger partial charge in [-0.3, -0.25) is 0 Å². The Labute approximate surface area is 140 Å². The molecular weight excluding hydrogens is 393 g/mol. The molecule has 0 aliphatic carbocycles. The number of nitrogens with zero attached hydrogens (tertiary/aromatic N) is 1. The fourth-order valence-corrected chi connectivity index (χ4v) is 4.23. The van der Waals surface area contributed by atoms with Gasteiger partial charge in [0.15, 0.2) is 0 Å². The van der Waals surface area contributed by atoms with Gasteiger partial charge in [-0.2, -0.15) is 0 Å². The number of fused-ring (bicyclic) bond motifs is 1.